The molecule has 0 spiro atoms. The number of nitrogens with one attached hydrogen (secondary N) is 3. The molecule has 0 aliphatic rings. The molecule has 266 valence electrons. The number of carbonyl (C=O) groups is 2. The van der Waals surface area contributed by atoms with E-state index in [2.05, 4.69) is 10.3 Å². The van der Waals surface area contributed by atoms with E-state index in [1.165, 1.54) is 66.1 Å². The molecule has 2 amide bonds. The van der Waals surface area contributed by atoms with Crippen LogP contribution in [0.5, 0.6) is 0 Å². The lowest BCUT2D eigenvalue weighted by Gasteiger charge is -2.08. The van der Waals surface area contributed by atoms with E-state index in [0.29, 0.717) is 30.8 Å². The van der Waals surface area contributed by atoms with Gasteiger partial charge in [-0.25, -0.2) is 35.7 Å². The van der Waals surface area contributed by atoms with Gasteiger partial charge < -0.3 is 11.1 Å². The average molecular weight is 734 g/mol. The average Bonchev–Trinajstić information content (AvgIpc) is 3.85. The Hall–Kier alpha value is -5.69. The van der Waals surface area contributed by atoms with Gasteiger partial charge in [0.05, 0.1) is 9.79 Å². The fourth-order valence-corrected chi connectivity index (χ4v) is 6.78. The Bertz CT molecular complexity index is 2200. The predicted molar refractivity (Wildman–Crippen MR) is 188 cm³/mol. The maximum Gasteiger partial charge on any atom is 0.267 e. The van der Waals surface area contributed by atoms with Crippen molar-refractivity contribution in [3.63, 3.8) is 0 Å². The monoisotopic (exact) mass is 733 g/mol. The van der Waals surface area contributed by atoms with Gasteiger partial charge in [0.1, 0.15) is 0 Å². The van der Waals surface area contributed by atoms with Crippen LogP contribution >= 0.6 is 0 Å². The molecule has 0 atom stereocenters. The maximum atomic E-state index is 12.7. The minimum absolute atomic E-state index is 0.143. The van der Waals surface area contributed by atoms with Crippen molar-refractivity contribution in [1.29, 1.82) is 0 Å². The van der Waals surface area contributed by atoms with Crippen molar-refractivity contribution in [1.82, 2.24) is 29.2 Å². The zero-order valence-electron chi connectivity index (χ0n) is 26.9. The first-order chi connectivity index (χ1) is 24.5. The first-order valence-electron chi connectivity index (χ1n) is 15.1. The van der Waals surface area contributed by atoms with Gasteiger partial charge >= 0.3 is 0 Å². The zero-order valence-corrected chi connectivity index (χ0v) is 28.5. The third kappa shape index (κ3) is 10.6. The Labute approximate surface area is 294 Å². The van der Waals surface area contributed by atoms with E-state index >= 15 is 0 Å². The summed E-state index contributed by atoms with van der Waals surface area (Å²) in [6.45, 7) is 1.64. The third-order valence-corrected chi connectivity index (χ3v) is 10.4. The van der Waals surface area contributed by atoms with Gasteiger partial charge in [-0.2, -0.15) is 0 Å². The van der Waals surface area contributed by atoms with Crippen LogP contribution in [-0.2, 0) is 49.3 Å². The molecule has 0 aliphatic carbocycles. The molecule has 51 heavy (non-hydrogen) atoms. The van der Waals surface area contributed by atoms with Gasteiger partial charge in [0.2, 0.25) is 0 Å². The molecular weight excluding hydrogens is 699 g/mol. The Morgan fingerprint density at radius 1 is 0.647 bits per heavy atom. The first-order valence-corrected chi connectivity index (χ1v) is 17.9. The molecular formula is C34H35N7O8S2. The lowest BCUT2D eigenvalue weighted by atomic mass is 10.2. The Morgan fingerprint density at radius 3 is 1.47 bits per heavy atom. The number of hydrogen-bond acceptors (Lipinski definition) is 11. The third-order valence-electron chi connectivity index (χ3n) is 7.10. The molecule has 0 unspecified atom stereocenters. The van der Waals surface area contributed by atoms with Gasteiger partial charge in [0, 0.05) is 69.0 Å². The first kappa shape index (κ1) is 38.1. The number of hydrogen-bond donors (Lipinski definition) is 6. The zero-order chi connectivity index (χ0) is 36.9. The van der Waals surface area contributed by atoms with Crippen molar-refractivity contribution in [2.24, 2.45) is 5.73 Å². The molecule has 3 heterocycles. The molecule has 17 heteroatoms. The molecule has 0 radical (unpaired) electrons. The molecule has 5 aromatic rings. The van der Waals surface area contributed by atoms with E-state index in [-0.39, 0.29) is 9.79 Å². The van der Waals surface area contributed by atoms with Crippen molar-refractivity contribution < 1.29 is 36.8 Å². The fourth-order valence-electron chi connectivity index (χ4n) is 4.37. The number of nitrogens with two attached hydrogens (primary N) is 1. The van der Waals surface area contributed by atoms with Crippen LogP contribution < -0.4 is 22.0 Å². The summed E-state index contributed by atoms with van der Waals surface area (Å²) in [6.07, 6.45) is 14.0. The van der Waals surface area contributed by atoms with Crippen LogP contribution in [0.4, 0.5) is 0 Å². The van der Waals surface area contributed by atoms with E-state index in [1.54, 1.807) is 54.9 Å². The Morgan fingerprint density at radius 2 is 1.06 bits per heavy atom. The summed E-state index contributed by atoms with van der Waals surface area (Å²) in [4.78, 5) is 26.2. The van der Waals surface area contributed by atoms with Crippen molar-refractivity contribution in [3.8, 4) is 0 Å². The van der Waals surface area contributed by atoms with E-state index in [0.717, 1.165) is 36.8 Å². The standard InChI is InChI=1S/C20H20N4O4S.C14H15N3O4S/c25-20(23-26)6-3-18-9-12-24(15-18)29(27,28)19-4-1-16(2-5-19)13-22-14-17-7-10-21-11-8-17;15-9-11-1-4-13(5-2-11)22(20,21)17-8-7-12(10-17)3-6-14(18)16-19/h1-12,15,22,26H,13-14H2,(H,23,25);1-8,10,19H,9,15H2,(H,16,18)/b2*6-3+. The van der Waals surface area contributed by atoms with Crippen LogP contribution in [0.25, 0.3) is 12.2 Å². The summed E-state index contributed by atoms with van der Waals surface area (Å²) in [5.41, 5.74) is 12.3. The highest BCUT2D eigenvalue weighted by molar-refractivity contribution is 7.90. The molecule has 0 saturated heterocycles. The van der Waals surface area contributed by atoms with Gasteiger partial charge in [0.15, 0.2) is 0 Å². The summed E-state index contributed by atoms with van der Waals surface area (Å²) < 4.78 is 52.5. The van der Waals surface area contributed by atoms with E-state index in [9.17, 15) is 26.4 Å². The highest BCUT2D eigenvalue weighted by Gasteiger charge is 2.17. The highest BCUT2D eigenvalue weighted by atomic mass is 32.2. The number of pyridine rings is 1. The second kappa shape index (κ2) is 17.8. The van der Waals surface area contributed by atoms with Gasteiger partial charge in [-0.3, -0.25) is 25.0 Å². The number of rotatable bonds is 13. The summed E-state index contributed by atoms with van der Waals surface area (Å²) in [6, 6.07) is 19.9. The minimum atomic E-state index is -3.74. The number of hydroxylamine groups is 2. The van der Waals surface area contributed by atoms with Crippen LogP contribution in [0.3, 0.4) is 0 Å². The second-order valence-corrected chi connectivity index (χ2v) is 14.3. The number of carbonyl (C=O) groups excluding carboxylic acids is 2. The number of aromatic nitrogens is 3. The largest absolute Gasteiger partial charge is 0.326 e. The van der Waals surface area contributed by atoms with E-state index in [1.807, 2.05) is 12.1 Å². The van der Waals surface area contributed by atoms with Crippen molar-refractivity contribution in [2.75, 3.05) is 0 Å². The molecule has 3 aromatic heterocycles. The Kier molecular flexibility index (Phi) is 13.3. The fraction of sp³-hybridized carbons (Fsp3) is 0.0882. The molecule has 0 bridgehead atoms. The van der Waals surface area contributed by atoms with Crippen molar-refractivity contribution >= 4 is 44.0 Å². The smallest absolute Gasteiger partial charge is 0.267 e. The van der Waals surface area contributed by atoms with Gasteiger partial charge in [-0.05, 0) is 88.5 Å². The SMILES string of the molecule is NCc1ccc(S(=O)(=O)n2ccc(/C=C/C(=O)NO)c2)cc1.O=C(/C=C/c1ccn(S(=O)(=O)c2ccc(CNCc3ccncc3)cc2)c1)NO. The topological polar surface area (TPSA) is 228 Å². The molecule has 5 rings (SSSR count). The van der Waals surface area contributed by atoms with Gasteiger partial charge in [-0.15, -0.1) is 0 Å². The van der Waals surface area contributed by atoms with Crippen molar-refractivity contribution in [3.05, 3.63) is 150 Å². The van der Waals surface area contributed by atoms with E-state index in [4.69, 9.17) is 16.1 Å². The quantitative estimate of drug-likeness (QED) is 0.0586. The van der Waals surface area contributed by atoms with Crippen LogP contribution in [0, 0.1) is 0 Å². The lowest BCUT2D eigenvalue weighted by Crippen LogP contribution is -2.14. The molecule has 0 aliphatic heterocycles. The van der Waals surface area contributed by atoms with Crippen LogP contribution in [0.1, 0.15) is 27.8 Å². The number of nitrogens with zero attached hydrogens (tertiary/aromatic N) is 3. The number of amides is 2. The van der Waals surface area contributed by atoms with Crippen LogP contribution in [-0.4, -0.2) is 52.0 Å². The molecule has 7 N–H and O–H groups in total. The van der Waals surface area contributed by atoms with E-state index < -0.39 is 31.9 Å². The molecule has 15 nitrogen and oxygen atoms in total. The van der Waals surface area contributed by atoms with Crippen molar-refractivity contribution in [2.45, 2.75) is 29.4 Å². The van der Waals surface area contributed by atoms with Crippen LogP contribution in [0.15, 0.2) is 132 Å². The summed E-state index contributed by atoms with van der Waals surface area (Å²) >= 11 is 0. The second-order valence-electron chi connectivity index (χ2n) is 10.6. The van der Waals surface area contributed by atoms with Gasteiger partial charge in [-0.1, -0.05) is 24.3 Å². The minimum Gasteiger partial charge on any atom is -0.326 e. The number of benzene rings is 2. The Balaban J connectivity index is 0.000000238. The molecule has 0 saturated carbocycles. The lowest BCUT2D eigenvalue weighted by molar-refractivity contribution is -0.124. The summed E-state index contributed by atoms with van der Waals surface area (Å²) in [5, 5.41) is 20.1. The maximum absolute atomic E-state index is 12.7. The van der Waals surface area contributed by atoms with Crippen LogP contribution in [0.2, 0.25) is 0 Å². The predicted octanol–water partition coefficient (Wildman–Crippen LogP) is 2.63. The summed E-state index contributed by atoms with van der Waals surface area (Å²) in [5.74, 6) is -1.40. The normalized spacial score (nSPS) is 11.7. The highest BCUT2D eigenvalue weighted by Crippen LogP contribution is 2.18. The van der Waals surface area contributed by atoms with Gasteiger partial charge in [0.25, 0.3) is 31.9 Å². The molecule has 0 fully saturated rings. The summed E-state index contributed by atoms with van der Waals surface area (Å²) in [7, 11) is -7.43. The molecule has 2 aromatic carbocycles.